The number of nitrogens with zero attached hydrogens (tertiary/aromatic N) is 1. The van der Waals surface area contributed by atoms with Gasteiger partial charge in [0.2, 0.25) is 0 Å². The van der Waals surface area contributed by atoms with Crippen LogP contribution in [-0.4, -0.2) is 74.9 Å². The van der Waals surface area contributed by atoms with Gasteiger partial charge < -0.3 is 29.0 Å². The van der Waals surface area contributed by atoms with Gasteiger partial charge >= 0.3 is 0 Å². The molecule has 1 spiro atoms. The van der Waals surface area contributed by atoms with Crippen LogP contribution in [-0.2, 0) is 21.3 Å². The third kappa shape index (κ3) is 2.10. The lowest BCUT2D eigenvalue weighted by Crippen LogP contribution is -2.76. The average molecular weight is 375 g/mol. The van der Waals surface area contributed by atoms with Crippen LogP contribution >= 0.6 is 0 Å². The van der Waals surface area contributed by atoms with E-state index in [-0.39, 0.29) is 18.2 Å². The first-order chi connectivity index (χ1) is 13.1. The fourth-order valence-corrected chi connectivity index (χ4v) is 6.31. The highest BCUT2D eigenvalue weighted by Gasteiger charge is 2.72. The lowest BCUT2D eigenvalue weighted by molar-refractivity contribution is -0.212. The molecule has 0 radical (unpaired) electrons. The van der Waals surface area contributed by atoms with Gasteiger partial charge in [-0.3, -0.25) is 0 Å². The van der Waals surface area contributed by atoms with Gasteiger partial charge in [0.05, 0.1) is 37.4 Å². The molecule has 2 aliphatic carbocycles. The van der Waals surface area contributed by atoms with E-state index in [1.54, 1.807) is 14.2 Å². The number of methoxy groups -OCH3 is 2. The number of benzene rings is 1. The summed E-state index contributed by atoms with van der Waals surface area (Å²) < 4.78 is 23.6. The highest BCUT2D eigenvalue weighted by atomic mass is 16.6. The quantitative estimate of drug-likeness (QED) is 0.788. The molecule has 27 heavy (non-hydrogen) atoms. The molecule has 148 valence electrons. The zero-order valence-corrected chi connectivity index (χ0v) is 16.4. The zero-order chi connectivity index (χ0) is 18.8. The Morgan fingerprint density at radius 2 is 2.11 bits per heavy atom. The van der Waals surface area contributed by atoms with Crippen LogP contribution in [0.25, 0.3) is 0 Å². The highest BCUT2D eigenvalue weighted by Crippen LogP contribution is 2.65. The van der Waals surface area contributed by atoms with E-state index in [0.29, 0.717) is 13.2 Å². The zero-order valence-electron chi connectivity index (χ0n) is 16.4. The van der Waals surface area contributed by atoms with E-state index in [9.17, 15) is 5.11 Å². The Kier molecular flexibility index (Phi) is 3.99. The Morgan fingerprint density at radius 3 is 2.89 bits per heavy atom. The van der Waals surface area contributed by atoms with Crippen LogP contribution in [0.2, 0.25) is 0 Å². The predicted molar refractivity (Wildman–Crippen MR) is 99.6 cm³/mol. The van der Waals surface area contributed by atoms with Crippen LogP contribution < -0.4 is 9.47 Å². The number of likely N-dealkylation sites (N-methyl/N-ethyl adjacent to an activating group) is 1. The van der Waals surface area contributed by atoms with E-state index in [2.05, 4.69) is 18.0 Å². The van der Waals surface area contributed by atoms with E-state index in [1.807, 2.05) is 6.07 Å². The van der Waals surface area contributed by atoms with E-state index < -0.39 is 11.0 Å². The van der Waals surface area contributed by atoms with Crippen LogP contribution in [0.4, 0.5) is 0 Å². The highest BCUT2D eigenvalue weighted by molar-refractivity contribution is 5.62. The van der Waals surface area contributed by atoms with Gasteiger partial charge in [0, 0.05) is 18.7 Å². The third-order valence-electron chi connectivity index (χ3n) is 7.50. The minimum absolute atomic E-state index is 0.0486. The Morgan fingerprint density at radius 1 is 1.26 bits per heavy atom. The Balaban J connectivity index is 1.66. The summed E-state index contributed by atoms with van der Waals surface area (Å²) in [6.07, 6.45) is 3.02. The molecule has 2 heterocycles. The second kappa shape index (κ2) is 6.08. The molecule has 1 saturated carbocycles. The summed E-state index contributed by atoms with van der Waals surface area (Å²) in [6.45, 7) is 2.06. The molecule has 1 saturated heterocycles. The maximum atomic E-state index is 12.1. The average Bonchev–Trinajstić information content (AvgIpc) is 3.02. The summed E-state index contributed by atoms with van der Waals surface area (Å²) in [5.41, 5.74) is 1.25. The summed E-state index contributed by atoms with van der Waals surface area (Å²) >= 11 is 0. The van der Waals surface area contributed by atoms with Crippen molar-refractivity contribution in [1.82, 2.24) is 4.90 Å². The smallest absolute Gasteiger partial charge is 0.166 e. The lowest BCUT2D eigenvalue weighted by atomic mass is 9.48. The van der Waals surface area contributed by atoms with E-state index in [4.69, 9.17) is 18.9 Å². The lowest BCUT2D eigenvalue weighted by Gasteiger charge is -2.63. The predicted octanol–water partition coefficient (Wildman–Crippen LogP) is 1.51. The molecule has 4 aliphatic rings. The molecular formula is C21H29NO5. The van der Waals surface area contributed by atoms with Gasteiger partial charge in [-0.25, -0.2) is 0 Å². The van der Waals surface area contributed by atoms with Crippen molar-refractivity contribution >= 4 is 0 Å². The Labute approximate surface area is 160 Å². The summed E-state index contributed by atoms with van der Waals surface area (Å²) in [5.74, 6) is 1.58. The molecule has 6 nitrogen and oxygen atoms in total. The second-order valence-corrected chi connectivity index (χ2v) is 8.46. The molecule has 2 bridgehead atoms. The van der Waals surface area contributed by atoms with Crippen LogP contribution in [0.1, 0.15) is 30.4 Å². The molecule has 1 unspecified atom stereocenters. The van der Waals surface area contributed by atoms with Gasteiger partial charge in [-0.2, -0.15) is 0 Å². The van der Waals surface area contributed by atoms with Crippen molar-refractivity contribution in [2.75, 3.05) is 41.0 Å². The maximum Gasteiger partial charge on any atom is 0.166 e. The Hall–Kier alpha value is -1.34. The first-order valence-corrected chi connectivity index (χ1v) is 9.97. The molecule has 6 heteroatoms. The molecule has 0 aromatic heterocycles. The number of likely N-dealkylation sites (tertiary alicyclic amines) is 1. The van der Waals surface area contributed by atoms with Crippen molar-refractivity contribution in [2.45, 2.75) is 54.9 Å². The van der Waals surface area contributed by atoms with E-state index in [0.717, 1.165) is 43.7 Å². The van der Waals surface area contributed by atoms with Crippen molar-refractivity contribution in [1.29, 1.82) is 0 Å². The molecule has 5 rings (SSSR count). The standard InChI is InChI=1S/C21H29NO5/c1-22-9-8-20-17-13-4-5-14(25-3)18(17)27-19(20)15(26-11-10-24-2)6-7-21(20,23)16(22)12-13/h4-5,15-16,19,23H,6-12H2,1-3H3/t15-,16?,19-,20-,21+/m0/s1. The third-order valence-corrected chi connectivity index (χ3v) is 7.50. The SMILES string of the molecule is COCCO[C@H]1CC[C@@]2(O)C3Cc4ccc(OC)c5c4[C@@]2(CCN3C)[C@H]1O5. The topological polar surface area (TPSA) is 60.4 Å². The molecular weight excluding hydrogens is 346 g/mol. The van der Waals surface area contributed by atoms with Crippen LogP contribution in [0.3, 0.4) is 0 Å². The fraction of sp³-hybridized carbons (Fsp3) is 0.714. The summed E-state index contributed by atoms with van der Waals surface area (Å²) in [4.78, 5) is 2.33. The van der Waals surface area contributed by atoms with Gasteiger partial charge in [0.25, 0.3) is 0 Å². The van der Waals surface area contributed by atoms with Crippen molar-refractivity contribution in [3.8, 4) is 11.5 Å². The van der Waals surface area contributed by atoms with Crippen LogP contribution in [0.15, 0.2) is 12.1 Å². The molecule has 1 aromatic rings. The summed E-state index contributed by atoms with van der Waals surface area (Å²) in [6, 6.07) is 4.28. The maximum absolute atomic E-state index is 12.1. The number of aliphatic hydroxyl groups is 1. The monoisotopic (exact) mass is 375 g/mol. The minimum Gasteiger partial charge on any atom is -0.493 e. The van der Waals surface area contributed by atoms with Crippen molar-refractivity contribution < 1.29 is 24.1 Å². The van der Waals surface area contributed by atoms with E-state index >= 15 is 0 Å². The minimum atomic E-state index is -0.795. The summed E-state index contributed by atoms with van der Waals surface area (Å²) in [7, 11) is 5.50. The molecule has 2 aliphatic heterocycles. The molecule has 1 aromatic carbocycles. The number of ether oxygens (including phenoxy) is 4. The second-order valence-electron chi connectivity index (χ2n) is 8.46. The van der Waals surface area contributed by atoms with Gasteiger partial charge in [-0.05, 0) is 50.9 Å². The Bertz CT molecular complexity index is 754. The first kappa shape index (κ1) is 17.7. The normalized spacial score (nSPS) is 39.0. The van der Waals surface area contributed by atoms with Crippen molar-refractivity contribution in [3.63, 3.8) is 0 Å². The van der Waals surface area contributed by atoms with Crippen molar-refractivity contribution in [2.24, 2.45) is 0 Å². The van der Waals surface area contributed by atoms with Crippen LogP contribution in [0, 0.1) is 0 Å². The van der Waals surface area contributed by atoms with E-state index in [1.165, 1.54) is 11.1 Å². The van der Waals surface area contributed by atoms with Gasteiger partial charge in [-0.15, -0.1) is 0 Å². The van der Waals surface area contributed by atoms with Crippen molar-refractivity contribution in [3.05, 3.63) is 23.3 Å². The molecule has 2 fully saturated rings. The number of hydrogen-bond donors (Lipinski definition) is 1. The first-order valence-electron chi connectivity index (χ1n) is 9.97. The van der Waals surface area contributed by atoms with Crippen LogP contribution in [0.5, 0.6) is 11.5 Å². The molecule has 1 N–H and O–H groups in total. The van der Waals surface area contributed by atoms with Gasteiger partial charge in [0.15, 0.2) is 11.5 Å². The fourth-order valence-electron chi connectivity index (χ4n) is 6.31. The summed E-state index contributed by atoms with van der Waals surface area (Å²) in [5, 5.41) is 12.1. The number of piperidine rings is 1. The largest absolute Gasteiger partial charge is 0.493 e. The number of hydrogen-bond acceptors (Lipinski definition) is 6. The number of rotatable bonds is 5. The van der Waals surface area contributed by atoms with Gasteiger partial charge in [-0.1, -0.05) is 6.07 Å². The molecule has 0 amide bonds. The van der Waals surface area contributed by atoms with Gasteiger partial charge in [0.1, 0.15) is 6.10 Å². The molecule has 5 atom stereocenters.